The van der Waals surface area contributed by atoms with E-state index in [-0.39, 0.29) is 24.0 Å². The highest BCUT2D eigenvalue weighted by Crippen LogP contribution is 2.24. The molecule has 10 heteroatoms. The molecule has 0 saturated heterocycles. The van der Waals surface area contributed by atoms with Gasteiger partial charge in [-0.1, -0.05) is 12.1 Å². The van der Waals surface area contributed by atoms with Crippen LogP contribution >= 0.6 is 0 Å². The summed E-state index contributed by atoms with van der Waals surface area (Å²) in [6, 6.07) is 6.72. The zero-order chi connectivity index (χ0) is 23.3. The molecule has 5 rings (SSSR count). The first kappa shape index (κ1) is 21.1. The summed E-state index contributed by atoms with van der Waals surface area (Å²) in [6.45, 7) is 3.21. The van der Waals surface area contributed by atoms with Gasteiger partial charge in [-0.25, -0.2) is 14.2 Å². The fraction of sp³-hybridized carbons (Fsp3) is 0.304. The normalized spacial score (nSPS) is 15.6. The molecule has 1 aliphatic rings. The SMILES string of the molecule is CC(C)(O)c1ccc(Cc2cc(=NC3CC3)n3ncc(=Cc4[nH]c(=O)[nH]c4O)c3n2)c(F)c1. The molecule has 0 unspecified atom stereocenters. The van der Waals surface area contributed by atoms with E-state index in [2.05, 4.69) is 20.1 Å². The molecule has 1 aliphatic carbocycles. The van der Waals surface area contributed by atoms with Crippen LogP contribution in [-0.2, 0) is 12.0 Å². The Hall–Kier alpha value is -3.79. The largest absolute Gasteiger partial charge is 0.493 e. The lowest BCUT2D eigenvalue weighted by Gasteiger charge is -2.18. The number of halogens is 1. The maximum Gasteiger partial charge on any atom is 0.326 e. The Morgan fingerprint density at radius 2 is 2.09 bits per heavy atom. The van der Waals surface area contributed by atoms with Crippen LogP contribution in [0.1, 0.15) is 49.2 Å². The maximum absolute atomic E-state index is 14.8. The first-order chi connectivity index (χ1) is 15.7. The lowest BCUT2D eigenvalue weighted by atomic mass is 9.96. The van der Waals surface area contributed by atoms with Crippen molar-refractivity contribution < 1.29 is 14.6 Å². The van der Waals surface area contributed by atoms with Crippen LogP contribution in [0.25, 0.3) is 11.7 Å². The summed E-state index contributed by atoms with van der Waals surface area (Å²) in [5, 5.41) is 25.0. The van der Waals surface area contributed by atoms with Crippen LogP contribution in [0.2, 0.25) is 0 Å². The smallest absolute Gasteiger partial charge is 0.326 e. The number of nitrogens with one attached hydrogen (secondary N) is 2. The number of nitrogens with zero attached hydrogens (tertiary/aromatic N) is 4. The summed E-state index contributed by atoms with van der Waals surface area (Å²) >= 11 is 0. The number of aromatic amines is 2. The molecule has 0 radical (unpaired) electrons. The van der Waals surface area contributed by atoms with Crippen LogP contribution in [0.5, 0.6) is 5.88 Å². The quantitative estimate of drug-likeness (QED) is 0.361. The van der Waals surface area contributed by atoms with Gasteiger partial charge in [-0.2, -0.15) is 9.61 Å². The lowest BCUT2D eigenvalue weighted by Crippen LogP contribution is -2.20. The number of rotatable bonds is 5. The number of fused-ring (bicyclic) bond motifs is 1. The van der Waals surface area contributed by atoms with Gasteiger partial charge in [-0.05, 0) is 50.0 Å². The molecule has 170 valence electrons. The highest BCUT2D eigenvalue weighted by molar-refractivity contribution is 5.56. The van der Waals surface area contributed by atoms with Gasteiger partial charge in [-0.15, -0.1) is 0 Å². The second kappa shape index (κ2) is 7.66. The van der Waals surface area contributed by atoms with Gasteiger partial charge in [-0.3, -0.25) is 9.98 Å². The first-order valence-electron chi connectivity index (χ1n) is 10.6. The minimum atomic E-state index is -1.14. The molecule has 0 bridgehead atoms. The van der Waals surface area contributed by atoms with Crippen molar-refractivity contribution in [2.24, 2.45) is 4.99 Å². The second-order valence-corrected chi connectivity index (χ2v) is 8.83. The molecule has 0 atom stereocenters. The van der Waals surface area contributed by atoms with Crippen molar-refractivity contribution in [1.82, 2.24) is 24.6 Å². The summed E-state index contributed by atoms with van der Waals surface area (Å²) in [5.74, 6) is -0.709. The minimum Gasteiger partial charge on any atom is -0.493 e. The number of imidazole rings is 1. The lowest BCUT2D eigenvalue weighted by molar-refractivity contribution is 0.0782. The van der Waals surface area contributed by atoms with E-state index in [1.807, 2.05) is 0 Å². The topological polar surface area (TPSA) is 132 Å². The van der Waals surface area contributed by atoms with Crippen molar-refractivity contribution in [1.29, 1.82) is 0 Å². The number of hydrogen-bond donors (Lipinski definition) is 4. The number of H-pyrrole nitrogens is 2. The van der Waals surface area contributed by atoms with Crippen molar-refractivity contribution in [2.75, 3.05) is 0 Å². The van der Waals surface area contributed by atoms with Crippen LogP contribution in [0.3, 0.4) is 0 Å². The Balaban J connectivity index is 1.63. The average molecular weight is 450 g/mol. The average Bonchev–Trinajstić information content (AvgIpc) is 3.37. The summed E-state index contributed by atoms with van der Waals surface area (Å²) in [4.78, 5) is 25.6. The van der Waals surface area contributed by atoms with E-state index in [1.165, 1.54) is 6.07 Å². The molecule has 3 heterocycles. The molecule has 1 saturated carbocycles. The highest BCUT2D eigenvalue weighted by Gasteiger charge is 2.21. The van der Waals surface area contributed by atoms with Crippen molar-refractivity contribution in [3.05, 3.63) is 80.0 Å². The van der Waals surface area contributed by atoms with E-state index in [0.717, 1.165) is 12.8 Å². The van der Waals surface area contributed by atoms with E-state index in [1.54, 1.807) is 48.8 Å². The zero-order valence-corrected chi connectivity index (χ0v) is 18.1. The molecule has 0 spiro atoms. The highest BCUT2D eigenvalue weighted by atomic mass is 19.1. The van der Waals surface area contributed by atoms with Gasteiger partial charge >= 0.3 is 5.69 Å². The molecular weight excluding hydrogens is 427 g/mol. The van der Waals surface area contributed by atoms with Gasteiger partial charge in [0, 0.05) is 17.7 Å². The second-order valence-electron chi connectivity index (χ2n) is 8.83. The third kappa shape index (κ3) is 4.29. The molecule has 33 heavy (non-hydrogen) atoms. The number of hydrogen-bond acceptors (Lipinski definition) is 6. The van der Waals surface area contributed by atoms with Crippen LogP contribution in [0.4, 0.5) is 4.39 Å². The third-order valence-corrected chi connectivity index (χ3v) is 5.56. The summed E-state index contributed by atoms with van der Waals surface area (Å²) in [6.07, 6.45) is 5.36. The summed E-state index contributed by atoms with van der Waals surface area (Å²) in [7, 11) is 0. The molecule has 1 aromatic carbocycles. The van der Waals surface area contributed by atoms with Crippen molar-refractivity contribution in [2.45, 2.75) is 44.8 Å². The standard InChI is InChI=1S/C23H23FN6O3/c1-23(2,33)14-4-3-12(17(24)9-14)7-16-10-19(26-15-5-6-15)30-20(27-16)13(11-25-30)8-18-21(31)29-22(32)28-18/h3-4,8-11,15,31,33H,5-7H2,1-2H3,(H2,28,29,32). The Kier molecular flexibility index (Phi) is 4.89. The van der Waals surface area contributed by atoms with Gasteiger partial charge < -0.3 is 15.2 Å². The van der Waals surface area contributed by atoms with Gasteiger partial charge in [0.1, 0.15) is 11.5 Å². The van der Waals surface area contributed by atoms with Crippen LogP contribution < -0.4 is 16.4 Å². The van der Waals surface area contributed by atoms with E-state index in [4.69, 9.17) is 4.99 Å². The summed E-state index contributed by atoms with van der Waals surface area (Å²) in [5.41, 5.74) is 1.15. The van der Waals surface area contributed by atoms with E-state index < -0.39 is 17.1 Å². The fourth-order valence-electron chi connectivity index (χ4n) is 3.60. The van der Waals surface area contributed by atoms with Crippen LogP contribution in [-0.4, -0.2) is 40.8 Å². The molecule has 1 fully saturated rings. The third-order valence-electron chi connectivity index (χ3n) is 5.56. The maximum atomic E-state index is 14.8. The zero-order valence-electron chi connectivity index (χ0n) is 18.1. The van der Waals surface area contributed by atoms with Gasteiger partial charge in [0.25, 0.3) is 0 Å². The fourth-order valence-corrected chi connectivity index (χ4v) is 3.60. The molecular formula is C23H23FN6O3. The van der Waals surface area contributed by atoms with Crippen LogP contribution in [0.15, 0.2) is 40.2 Å². The summed E-state index contributed by atoms with van der Waals surface area (Å²) < 4.78 is 16.4. The minimum absolute atomic E-state index is 0.205. The number of aliphatic hydroxyl groups is 1. The van der Waals surface area contributed by atoms with Crippen molar-refractivity contribution >= 4 is 11.7 Å². The molecule has 4 N–H and O–H groups in total. The van der Waals surface area contributed by atoms with Gasteiger partial charge in [0.15, 0.2) is 11.1 Å². The van der Waals surface area contributed by atoms with Crippen molar-refractivity contribution in [3.63, 3.8) is 0 Å². The number of aromatic nitrogens is 5. The number of aromatic hydroxyl groups is 1. The van der Waals surface area contributed by atoms with Gasteiger partial charge in [0.2, 0.25) is 5.88 Å². The molecule has 0 aliphatic heterocycles. The first-order valence-corrected chi connectivity index (χ1v) is 10.6. The molecule has 0 amide bonds. The Bertz CT molecular complexity index is 1540. The van der Waals surface area contributed by atoms with Crippen LogP contribution in [0, 0.1) is 5.82 Å². The predicted molar refractivity (Wildman–Crippen MR) is 118 cm³/mol. The molecule has 4 aromatic rings. The van der Waals surface area contributed by atoms with E-state index in [9.17, 15) is 19.4 Å². The van der Waals surface area contributed by atoms with Crippen molar-refractivity contribution in [3.8, 4) is 5.88 Å². The number of benzene rings is 1. The Morgan fingerprint density at radius 3 is 2.73 bits per heavy atom. The van der Waals surface area contributed by atoms with E-state index >= 15 is 0 Å². The molecule has 3 aromatic heterocycles. The Morgan fingerprint density at radius 1 is 1.30 bits per heavy atom. The molecule has 9 nitrogen and oxygen atoms in total. The van der Waals surface area contributed by atoms with Gasteiger partial charge in [0.05, 0.1) is 23.5 Å². The Labute approximate surface area is 187 Å². The van der Waals surface area contributed by atoms with E-state index in [0.29, 0.717) is 33.2 Å². The predicted octanol–water partition coefficient (Wildman–Crippen LogP) is 1.02. The monoisotopic (exact) mass is 450 g/mol.